The molecule has 9 heteroatoms. The summed E-state index contributed by atoms with van der Waals surface area (Å²) in [7, 11) is 0. The summed E-state index contributed by atoms with van der Waals surface area (Å²) >= 11 is 12.3. The number of benzene rings is 1. The lowest BCUT2D eigenvalue weighted by Gasteiger charge is -2.48. The number of nitrogens with zero attached hydrogens (tertiary/aromatic N) is 3. The molecule has 0 saturated carbocycles. The van der Waals surface area contributed by atoms with E-state index in [1.807, 2.05) is 6.08 Å². The fourth-order valence-electron chi connectivity index (χ4n) is 5.46. The number of piperazine rings is 1. The molecule has 0 amide bonds. The lowest BCUT2D eigenvalue weighted by molar-refractivity contribution is -0.117. The predicted octanol–water partition coefficient (Wildman–Crippen LogP) is 3.29. The van der Waals surface area contributed by atoms with Crippen LogP contribution >= 0.6 is 23.2 Å². The van der Waals surface area contributed by atoms with Crippen molar-refractivity contribution in [3.05, 3.63) is 57.1 Å². The summed E-state index contributed by atoms with van der Waals surface area (Å²) in [6, 6.07) is 5.78. The van der Waals surface area contributed by atoms with Crippen LogP contribution in [0.3, 0.4) is 0 Å². The number of allylic oxidation sites excluding steroid dienone is 2. The van der Waals surface area contributed by atoms with Crippen LogP contribution < -0.4 is 11.5 Å². The maximum atomic E-state index is 14.2. The van der Waals surface area contributed by atoms with E-state index < -0.39 is 5.92 Å². The molecule has 2 fully saturated rings. The Morgan fingerprint density at radius 3 is 2.53 bits per heavy atom. The Kier molecular flexibility index (Phi) is 8.20. The quantitative estimate of drug-likeness (QED) is 0.612. The number of hydrogen-bond donors (Lipinski definition) is 2. The SMILES string of the molecule is CC[C@H]1CN(C2=C(Cl)C(=O)C(CN)C(N)=C2)CCN1C1CCN(Cc2ccc(Cl)cc2F)CC1. The third kappa shape index (κ3) is 5.29. The number of halogens is 3. The average molecular weight is 510 g/mol. The molecule has 4 N–H and O–H groups in total. The van der Waals surface area contributed by atoms with E-state index in [1.54, 1.807) is 12.1 Å². The molecule has 186 valence electrons. The molecule has 1 unspecified atom stereocenters. The minimum absolute atomic E-state index is 0.166. The molecule has 2 aliphatic heterocycles. The van der Waals surface area contributed by atoms with Gasteiger partial charge in [-0.05, 0) is 50.6 Å². The molecule has 0 radical (unpaired) electrons. The molecule has 0 aromatic heterocycles. The highest BCUT2D eigenvalue weighted by Gasteiger charge is 2.36. The zero-order chi connectivity index (χ0) is 24.4. The standard InChI is InChI=1S/C25H34Cl2FN5O/c1-2-18-15-32(23-12-22(30)20(13-29)25(34)24(23)27)9-10-33(18)19-5-7-31(8-6-19)14-16-3-4-17(26)11-21(16)28/h3-4,11-12,18-20H,2,5-10,13-15,29-30H2,1H3/t18-,20?/m0/s1. The number of Topliss-reactive ketones (excluding diaryl/α,β-unsaturated/α-hetero) is 1. The third-order valence-electron chi connectivity index (χ3n) is 7.47. The minimum atomic E-state index is -0.522. The second-order valence-electron chi connectivity index (χ2n) is 9.49. The smallest absolute Gasteiger partial charge is 0.186 e. The summed E-state index contributed by atoms with van der Waals surface area (Å²) in [4.78, 5) is 19.8. The number of carbonyl (C=O) groups is 1. The number of carbonyl (C=O) groups excluding carboxylic acids is 1. The molecular weight excluding hydrogens is 476 g/mol. The molecule has 3 aliphatic rings. The number of ketones is 1. The van der Waals surface area contributed by atoms with Crippen LogP contribution in [0.4, 0.5) is 4.39 Å². The molecule has 0 spiro atoms. The second-order valence-corrected chi connectivity index (χ2v) is 10.3. The van der Waals surface area contributed by atoms with Crippen LogP contribution in [0.25, 0.3) is 0 Å². The Balaban J connectivity index is 1.36. The Labute approximate surface area is 211 Å². The predicted molar refractivity (Wildman–Crippen MR) is 135 cm³/mol. The summed E-state index contributed by atoms with van der Waals surface area (Å²) in [6.07, 6.45) is 4.95. The summed E-state index contributed by atoms with van der Waals surface area (Å²) in [5.74, 6) is -0.941. The molecule has 2 heterocycles. The Morgan fingerprint density at radius 1 is 1.15 bits per heavy atom. The van der Waals surface area contributed by atoms with E-state index >= 15 is 0 Å². The molecule has 2 atom stereocenters. The van der Waals surface area contributed by atoms with Gasteiger partial charge in [-0.25, -0.2) is 4.39 Å². The first-order valence-electron chi connectivity index (χ1n) is 12.1. The van der Waals surface area contributed by atoms with Crippen LogP contribution in [0.2, 0.25) is 5.02 Å². The fourth-order valence-corrected chi connectivity index (χ4v) is 5.92. The van der Waals surface area contributed by atoms with Gasteiger partial charge in [0.1, 0.15) is 10.8 Å². The van der Waals surface area contributed by atoms with Crippen LogP contribution in [-0.4, -0.2) is 71.8 Å². The highest BCUT2D eigenvalue weighted by atomic mass is 35.5. The number of piperidine rings is 1. The number of rotatable bonds is 6. The highest BCUT2D eigenvalue weighted by molar-refractivity contribution is 6.43. The summed E-state index contributed by atoms with van der Waals surface area (Å²) < 4.78 is 14.2. The summed E-state index contributed by atoms with van der Waals surface area (Å²) in [5.41, 5.74) is 13.8. The van der Waals surface area contributed by atoms with Gasteiger partial charge in [0.05, 0.1) is 11.6 Å². The topological polar surface area (TPSA) is 78.8 Å². The van der Waals surface area contributed by atoms with Crippen molar-refractivity contribution in [3.8, 4) is 0 Å². The van der Waals surface area contributed by atoms with Crippen molar-refractivity contribution in [1.82, 2.24) is 14.7 Å². The first-order valence-corrected chi connectivity index (χ1v) is 12.9. The van der Waals surface area contributed by atoms with E-state index in [-0.39, 0.29) is 23.2 Å². The van der Waals surface area contributed by atoms with Gasteiger partial charge in [0.2, 0.25) is 0 Å². The van der Waals surface area contributed by atoms with Crippen molar-refractivity contribution in [2.75, 3.05) is 39.3 Å². The molecule has 6 nitrogen and oxygen atoms in total. The van der Waals surface area contributed by atoms with Crippen molar-refractivity contribution in [1.29, 1.82) is 0 Å². The lowest BCUT2D eigenvalue weighted by Crippen LogP contribution is -2.58. The van der Waals surface area contributed by atoms with E-state index in [2.05, 4.69) is 21.6 Å². The maximum absolute atomic E-state index is 14.2. The van der Waals surface area contributed by atoms with Gasteiger partial charge in [0, 0.05) is 61.1 Å². The number of likely N-dealkylation sites (tertiary alicyclic amines) is 1. The molecule has 1 aliphatic carbocycles. The van der Waals surface area contributed by atoms with Crippen molar-refractivity contribution in [2.45, 2.75) is 44.8 Å². The van der Waals surface area contributed by atoms with Gasteiger partial charge in [-0.1, -0.05) is 36.2 Å². The molecule has 4 rings (SSSR count). The summed E-state index contributed by atoms with van der Waals surface area (Å²) in [6.45, 7) is 7.37. The van der Waals surface area contributed by atoms with Gasteiger partial charge >= 0.3 is 0 Å². The monoisotopic (exact) mass is 509 g/mol. The largest absolute Gasteiger partial charge is 0.401 e. The van der Waals surface area contributed by atoms with E-state index in [4.69, 9.17) is 34.7 Å². The van der Waals surface area contributed by atoms with Crippen LogP contribution in [0.1, 0.15) is 31.7 Å². The number of hydrogen-bond acceptors (Lipinski definition) is 6. The normalized spacial score (nSPS) is 25.7. The highest BCUT2D eigenvalue weighted by Crippen LogP contribution is 2.31. The van der Waals surface area contributed by atoms with Crippen LogP contribution in [0.5, 0.6) is 0 Å². The summed E-state index contributed by atoms with van der Waals surface area (Å²) in [5, 5.41) is 0.674. The average Bonchev–Trinajstić information content (AvgIpc) is 2.83. The third-order valence-corrected chi connectivity index (χ3v) is 8.09. The van der Waals surface area contributed by atoms with E-state index in [0.717, 1.165) is 57.7 Å². The van der Waals surface area contributed by atoms with E-state index in [0.29, 0.717) is 34.9 Å². The molecule has 0 bridgehead atoms. The molecular formula is C25H34Cl2FN5O. The maximum Gasteiger partial charge on any atom is 0.186 e. The molecule has 2 saturated heterocycles. The van der Waals surface area contributed by atoms with Gasteiger partial charge in [-0.15, -0.1) is 0 Å². The van der Waals surface area contributed by atoms with Gasteiger partial charge in [0.15, 0.2) is 5.78 Å². The molecule has 34 heavy (non-hydrogen) atoms. The van der Waals surface area contributed by atoms with Crippen molar-refractivity contribution >= 4 is 29.0 Å². The van der Waals surface area contributed by atoms with Gasteiger partial charge in [-0.2, -0.15) is 0 Å². The first-order chi connectivity index (χ1) is 16.3. The first kappa shape index (κ1) is 25.5. The van der Waals surface area contributed by atoms with Gasteiger partial charge in [-0.3, -0.25) is 14.6 Å². The minimum Gasteiger partial charge on any atom is -0.401 e. The van der Waals surface area contributed by atoms with Crippen molar-refractivity contribution in [2.24, 2.45) is 17.4 Å². The number of nitrogens with two attached hydrogens (primary N) is 2. The second kappa shape index (κ2) is 11.0. The zero-order valence-electron chi connectivity index (χ0n) is 19.7. The van der Waals surface area contributed by atoms with Crippen LogP contribution in [0.15, 0.2) is 40.7 Å². The Hall–Kier alpha value is -1.64. The van der Waals surface area contributed by atoms with E-state index in [9.17, 15) is 9.18 Å². The van der Waals surface area contributed by atoms with Crippen LogP contribution in [0, 0.1) is 11.7 Å². The van der Waals surface area contributed by atoms with Crippen LogP contribution in [-0.2, 0) is 11.3 Å². The Bertz CT molecular complexity index is 974. The van der Waals surface area contributed by atoms with Crippen molar-refractivity contribution < 1.29 is 9.18 Å². The zero-order valence-corrected chi connectivity index (χ0v) is 21.2. The molecule has 1 aromatic carbocycles. The van der Waals surface area contributed by atoms with Gasteiger partial charge in [0.25, 0.3) is 0 Å². The lowest BCUT2D eigenvalue weighted by atomic mass is 9.93. The fraction of sp³-hybridized carbons (Fsp3) is 0.560. The van der Waals surface area contributed by atoms with E-state index in [1.165, 1.54) is 6.07 Å². The Morgan fingerprint density at radius 2 is 1.88 bits per heavy atom. The molecule has 1 aromatic rings. The van der Waals surface area contributed by atoms with Gasteiger partial charge < -0.3 is 16.4 Å². The van der Waals surface area contributed by atoms with Crippen molar-refractivity contribution in [3.63, 3.8) is 0 Å².